The molecule has 0 aliphatic carbocycles. The van der Waals surface area contributed by atoms with Crippen molar-refractivity contribution in [3.8, 4) is 0 Å². The van der Waals surface area contributed by atoms with Gasteiger partial charge >= 0.3 is 0 Å². The Kier molecular flexibility index (Phi) is 10.7. The molecule has 0 unspecified atom stereocenters. The van der Waals surface area contributed by atoms with E-state index in [9.17, 15) is 0 Å². The summed E-state index contributed by atoms with van der Waals surface area (Å²) in [6.45, 7) is 13.4. The van der Waals surface area contributed by atoms with Gasteiger partial charge in [-0.15, -0.1) is 0 Å². The number of hydrogen-bond acceptors (Lipinski definition) is 1. The molecule has 90 valence electrons. The SMILES string of the molecule is C/C(=C/C(C)(C)C)CCCS[C-](C)C.[W]. The van der Waals surface area contributed by atoms with Crippen LogP contribution in [0.5, 0.6) is 0 Å². The van der Waals surface area contributed by atoms with Crippen LogP contribution in [0.15, 0.2) is 11.6 Å². The van der Waals surface area contributed by atoms with Gasteiger partial charge in [0.1, 0.15) is 0 Å². The predicted molar refractivity (Wildman–Crippen MR) is 69.5 cm³/mol. The summed E-state index contributed by atoms with van der Waals surface area (Å²) in [4.78, 5) is 0. The van der Waals surface area contributed by atoms with Gasteiger partial charge in [0.15, 0.2) is 0 Å². The fraction of sp³-hybridized carbons (Fsp3) is 0.769. The van der Waals surface area contributed by atoms with E-state index in [1.54, 1.807) is 0 Å². The maximum Gasteiger partial charge on any atom is 0 e. The van der Waals surface area contributed by atoms with Gasteiger partial charge in [0.25, 0.3) is 0 Å². The molecule has 0 bridgehead atoms. The Bertz CT molecular complexity index is 177. The fourth-order valence-corrected chi connectivity index (χ4v) is 2.14. The first-order valence-electron chi connectivity index (χ1n) is 5.42. The summed E-state index contributed by atoms with van der Waals surface area (Å²) >= 11 is 1.98. The van der Waals surface area contributed by atoms with E-state index in [2.05, 4.69) is 47.6 Å². The average molecular weight is 397 g/mol. The van der Waals surface area contributed by atoms with Crippen molar-refractivity contribution in [1.82, 2.24) is 0 Å². The Morgan fingerprint density at radius 1 is 1.27 bits per heavy atom. The van der Waals surface area contributed by atoms with Gasteiger partial charge in [-0.3, -0.25) is 5.25 Å². The average Bonchev–Trinajstić information content (AvgIpc) is 1.94. The van der Waals surface area contributed by atoms with Crippen molar-refractivity contribution >= 4 is 11.8 Å². The van der Waals surface area contributed by atoms with Gasteiger partial charge < -0.3 is 11.8 Å². The third-order valence-electron chi connectivity index (χ3n) is 1.79. The van der Waals surface area contributed by atoms with E-state index in [1.165, 1.54) is 29.4 Å². The molecular weight excluding hydrogens is 372 g/mol. The largest absolute Gasteiger partial charge is 0.349 e. The summed E-state index contributed by atoms with van der Waals surface area (Å²) in [6.07, 6.45) is 4.94. The molecule has 0 aliphatic rings. The molecule has 0 saturated carbocycles. The molecule has 0 radical (unpaired) electrons. The quantitative estimate of drug-likeness (QED) is 0.355. The molecule has 0 spiro atoms. The standard InChI is InChI=1S/C13H25S.W/c1-11(2)14-9-7-8-12(3)10-13(4,5)6;/h10H,7-9H2,1-6H3;/q-1;/b12-10-;. The van der Waals surface area contributed by atoms with Crippen molar-refractivity contribution < 1.29 is 21.1 Å². The molecule has 0 nitrogen and oxygen atoms in total. The van der Waals surface area contributed by atoms with Gasteiger partial charge in [-0.1, -0.05) is 32.4 Å². The summed E-state index contributed by atoms with van der Waals surface area (Å²) < 4.78 is 0. The molecule has 0 rings (SSSR count). The molecular formula is C13H25SW-. The van der Waals surface area contributed by atoms with Crippen LogP contribution >= 0.6 is 11.8 Å². The first kappa shape index (κ1) is 18.2. The van der Waals surface area contributed by atoms with Crippen LogP contribution < -0.4 is 0 Å². The molecule has 0 fully saturated rings. The monoisotopic (exact) mass is 397 g/mol. The Morgan fingerprint density at radius 2 is 1.80 bits per heavy atom. The predicted octanol–water partition coefficient (Wildman–Crippen LogP) is 5.06. The molecule has 0 saturated heterocycles. The van der Waals surface area contributed by atoms with Crippen LogP contribution in [0.2, 0.25) is 0 Å². The number of allylic oxidation sites excluding steroid dienone is 2. The Hall–Kier alpha value is 0.778. The number of hydrogen-bond donors (Lipinski definition) is 0. The third kappa shape index (κ3) is 14.8. The fourth-order valence-electron chi connectivity index (χ4n) is 1.44. The molecule has 0 aromatic carbocycles. The van der Waals surface area contributed by atoms with Crippen molar-refractivity contribution in [2.45, 2.75) is 54.4 Å². The topological polar surface area (TPSA) is 0 Å². The van der Waals surface area contributed by atoms with Gasteiger partial charge in [-0.25, -0.2) is 0 Å². The van der Waals surface area contributed by atoms with Crippen LogP contribution in [-0.4, -0.2) is 5.75 Å². The molecule has 2 heteroatoms. The van der Waals surface area contributed by atoms with E-state index < -0.39 is 0 Å². The first-order chi connectivity index (χ1) is 6.31. The first-order valence-corrected chi connectivity index (χ1v) is 6.41. The zero-order chi connectivity index (χ0) is 11.2. The van der Waals surface area contributed by atoms with E-state index in [0.29, 0.717) is 5.41 Å². The van der Waals surface area contributed by atoms with Gasteiger partial charge in [-0.2, -0.15) is 13.8 Å². The van der Waals surface area contributed by atoms with Crippen LogP contribution in [0.4, 0.5) is 0 Å². The van der Waals surface area contributed by atoms with Crippen molar-refractivity contribution in [1.29, 1.82) is 0 Å². The van der Waals surface area contributed by atoms with E-state index in [1.807, 2.05) is 11.8 Å². The molecule has 0 N–H and O–H groups in total. The van der Waals surface area contributed by atoms with E-state index in [-0.39, 0.29) is 21.1 Å². The van der Waals surface area contributed by atoms with E-state index in [4.69, 9.17) is 0 Å². The Labute approximate surface area is 115 Å². The molecule has 0 amide bonds. The molecule has 0 aromatic heterocycles. The second-order valence-corrected chi connectivity index (χ2v) is 6.73. The zero-order valence-corrected chi connectivity index (χ0v) is 14.8. The summed E-state index contributed by atoms with van der Waals surface area (Å²) in [6, 6.07) is 0. The van der Waals surface area contributed by atoms with Crippen LogP contribution in [0.3, 0.4) is 0 Å². The molecule has 0 atom stereocenters. The number of thioether (sulfide) groups is 1. The third-order valence-corrected chi connectivity index (χ3v) is 2.86. The number of rotatable bonds is 5. The second kappa shape index (κ2) is 8.88. The summed E-state index contributed by atoms with van der Waals surface area (Å²) in [5, 5.41) is 1.47. The smallest absolute Gasteiger partial charge is 0 e. The van der Waals surface area contributed by atoms with Gasteiger partial charge in [0.2, 0.25) is 0 Å². The summed E-state index contributed by atoms with van der Waals surface area (Å²) in [5.41, 5.74) is 1.87. The minimum Gasteiger partial charge on any atom is -0.349 e. The van der Waals surface area contributed by atoms with Crippen LogP contribution in [-0.2, 0) is 21.1 Å². The van der Waals surface area contributed by atoms with Gasteiger partial charge in [0, 0.05) is 21.1 Å². The molecule has 0 aliphatic heterocycles. The van der Waals surface area contributed by atoms with Crippen molar-refractivity contribution in [2.24, 2.45) is 5.41 Å². The van der Waals surface area contributed by atoms with Crippen LogP contribution in [0, 0.1) is 10.7 Å². The van der Waals surface area contributed by atoms with Crippen molar-refractivity contribution in [3.63, 3.8) is 0 Å². The van der Waals surface area contributed by atoms with Crippen molar-refractivity contribution in [3.05, 3.63) is 16.9 Å². The van der Waals surface area contributed by atoms with E-state index >= 15 is 0 Å². The second-order valence-electron chi connectivity index (χ2n) is 5.22. The zero-order valence-electron chi connectivity index (χ0n) is 11.0. The molecule has 0 heterocycles. The maximum absolute atomic E-state index is 2.39. The van der Waals surface area contributed by atoms with E-state index in [0.717, 1.165) is 0 Å². The van der Waals surface area contributed by atoms with Crippen LogP contribution in [0.1, 0.15) is 54.4 Å². The Balaban J connectivity index is 0. The Morgan fingerprint density at radius 3 is 2.20 bits per heavy atom. The van der Waals surface area contributed by atoms with Gasteiger partial charge in [-0.05, 0) is 30.9 Å². The normalized spacial score (nSPS) is 12.9. The maximum atomic E-state index is 2.39. The summed E-state index contributed by atoms with van der Waals surface area (Å²) in [5.74, 6) is 1.26. The minimum absolute atomic E-state index is 0. The van der Waals surface area contributed by atoms with Crippen molar-refractivity contribution in [2.75, 3.05) is 5.75 Å². The molecule has 0 aromatic rings. The molecule has 15 heavy (non-hydrogen) atoms. The van der Waals surface area contributed by atoms with Crippen LogP contribution in [0.25, 0.3) is 0 Å². The minimum atomic E-state index is 0. The summed E-state index contributed by atoms with van der Waals surface area (Å²) in [7, 11) is 0. The van der Waals surface area contributed by atoms with Gasteiger partial charge in [0.05, 0.1) is 0 Å².